The second-order valence-corrected chi connectivity index (χ2v) is 7.32. The van der Waals surface area contributed by atoms with Crippen LogP contribution in [0.25, 0.3) is 0 Å². The molecule has 19 heavy (non-hydrogen) atoms. The number of hydrogen-bond acceptors (Lipinski definition) is 3. The van der Waals surface area contributed by atoms with E-state index in [0.717, 1.165) is 0 Å². The molecule has 0 fully saturated rings. The summed E-state index contributed by atoms with van der Waals surface area (Å²) in [6, 6.07) is 5.60. The summed E-state index contributed by atoms with van der Waals surface area (Å²) in [7, 11) is -3.56. The van der Waals surface area contributed by atoms with E-state index < -0.39 is 10.0 Å². The molecule has 0 heterocycles. The van der Waals surface area contributed by atoms with Crippen molar-refractivity contribution >= 4 is 10.0 Å². The number of rotatable bonds is 5. The summed E-state index contributed by atoms with van der Waals surface area (Å²) < 4.78 is 40.7. The molecule has 0 saturated carbocycles. The first-order valence-electron chi connectivity index (χ1n) is 5.97. The van der Waals surface area contributed by atoms with Crippen molar-refractivity contribution in [3.8, 4) is 5.75 Å². The standard InChI is InChI=1S/C13H20FNO3S/c1-13(2,3)10(9-19(15,16)17)8-18-12-6-4-11(14)5-7-12/h4-7,10H,8-9H2,1-3H3,(H2,15,16,17). The number of hydrogen-bond donors (Lipinski definition) is 1. The maximum absolute atomic E-state index is 12.7. The van der Waals surface area contributed by atoms with Gasteiger partial charge in [0.15, 0.2) is 0 Å². The lowest BCUT2D eigenvalue weighted by molar-refractivity contribution is 0.163. The van der Waals surface area contributed by atoms with E-state index in [1.807, 2.05) is 20.8 Å². The van der Waals surface area contributed by atoms with Crippen LogP contribution in [0.5, 0.6) is 5.75 Å². The molecule has 6 heteroatoms. The summed E-state index contributed by atoms with van der Waals surface area (Å²) in [5.41, 5.74) is -0.257. The quantitative estimate of drug-likeness (QED) is 0.903. The van der Waals surface area contributed by atoms with Gasteiger partial charge in [-0.3, -0.25) is 0 Å². The van der Waals surface area contributed by atoms with Crippen molar-refractivity contribution in [1.29, 1.82) is 0 Å². The fourth-order valence-electron chi connectivity index (χ4n) is 1.56. The van der Waals surface area contributed by atoms with Gasteiger partial charge in [-0.05, 0) is 29.7 Å². The molecule has 0 aliphatic heterocycles. The average Bonchev–Trinajstić information content (AvgIpc) is 2.23. The predicted octanol–water partition coefficient (Wildman–Crippen LogP) is 2.16. The minimum Gasteiger partial charge on any atom is -0.493 e. The maximum Gasteiger partial charge on any atom is 0.209 e. The maximum atomic E-state index is 12.7. The zero-order valence-corrected chi connectivity index (χ0v) is 12.2. The van der Waals surface area contributed by atoms with Crippen LogP contribution in [0.4, 0.5) is 4.39 Å². The highest BCUT2D eigenvalue weighted by molar-refractivity contribution is 7.89. The summed E-state index contributed by atoms with van der Waals surface area (Å²) in [6.45, 7) is 6.00. The normalized spacial score (nSPS) is 14.2. The molecule has 1 rings (SSSR count). The second-order valence-electron chi connectivity index (χ2n) is 5.66. The summed E-state index contributed by atoms with van der Waals surface area (Å²) in [4.78, 5) is 0. The van der Waals surface area contributed by atoms with Crippen LogP contribution in [-0.2, 0) is 10.0 Å². The van der Waals surface area contributed by atoms with E-state index in [9.17, 15) is 12.8 Å². The van der Waals surface area contributed by atoms with E-state index in [1.165, 1.54) is 24.3 Å². The van der Waals surface area contributed by atoms with E-state index in [-0.39, 0.29) is 29.5 Å². The van der Waals surface area contributed by atoms with E-state index >= 15 is 0 Å². The Morgan fingerprint density at radius 2 is 1.79 bits per heavy atom. The van der Waals surface area contributed by atoms with Crippen LogP contribution in [0.2, 0.25) is 0 Å². The van der Waals surface area contributed by atoms with Crippen LogP contribution >= 0.6 is 0 Å². The predicted molar refractivity (Wildman–Crippen MR) is 72.8 cm³/mol. The first-order valence-corrected chi connectivity index (χ1v) is 7.68. The van der Waals surface area contributed by atoms with Crippen molar-refractivity contribution in [2.24, 2.45) is 16.5 Å². The molecule has 1 unspecified atom stereocenters. The van der Waals surface area contributed by atoms with Crippen molar-refractivity contribution in [3.63, 3.8) is 0 Å². The Balaban J connectivity index is 2.71. The number of primary sulfonamides is 1. The Morgan fingerprint density at radius 3 is 2.21 bits per heavy atom. The average molecular weight is 289 g/mol. The fraction of sp³-hybridized carbons (Fsp3) is 0.538. The van der Waals surface area contributed by atoms with Crippen molar-refractivity contribution in [2.75, 3.05) is 12.4 Å². The first-order chi connectivity index (χ1) is 8.58. The number of benzene rings is 1. The van der Waals surface area contributed by atoms with Gasteiger partial charge in [-0.2, -0.15) is 0 Å². The van der Waals surface area contributed by atoms with Gasteiger partial charge in [0.25, 0.3) is 0 Å². The molecular formula is C13H20FNO3S. The third-order valence-corrected chi connectivity index (χ3v) is 3.79. The zero-order chi connectivity index (χ0) is 14.7. The molecule has 4 nitrogen and oxygen atoms in total. The molecule has 0 radical (unpaired) electrons. The molecule has 0 saturated heterocycles. The van der Waals surface area contributed by atoms with Crippen molar-refractivity contribution < 1.29 is 17.5 Å². The smallest absolute Gasteiger partial charge is 0.209 e. The summed E-state index contributed by atoms with van der Waals surface area (Å²) in [5.74, 6) is -0.223. The van der Waals surface area contributed by atoms with Gasteiger partial charge in [0, 0.05) is 5.92 Å². The van der Waals surface area contributed by atoms with Crippen LogP contribution in [-0.4, -0.2) is 20.8 Å². The molecule has 0 aliphatic rings. The third-order valence-electron chi connectivity index (χ3n) is 2.92. The van der Waals surface area contributed by atoms with Crippen LogP contribution in [0, 0.1) is 17.2 Å². The fourth-order valence-corrected chi connectivity index (χ4v) is 2.71. The monoisotopic (exact) mass is 289 g/mol. The Hall–Kier alpha value is -1.14. The Labute approximate surface area is 113 Å². The Kier molecular flexibility index (Phi) is 4.92. The van der Waals surface area contributed by atoms with Gasteiger partial charge in [-0.15, -0.1) is 0 Å². The molecule has 1 aromatic carbocycles. The zero-order valence-electron chi connectivity index (χ0n) is 11.4. The topological polar surface area (TPSA) is 69.4 Å². The van der Waals surface area contributed by atoms with E-state index in [1.54, 1.807) is 0 Å². The lowest BCUT2D eigenvalue weighted by Crippen LogP contribution is -2.35. The third kappa shape index (κ3) is 6.02. The molecule has 0 amide bonds. The SMILES string of the molecule is CC(C)(C)C(COc1ccc(F)cc1)CS(N)(=O)=O. The van der Waals surface area contributed by atoms with Gasteiger partial charge in [0.05, 0.1) is 12.4 Å². The van der Waals surface area contributed by atoms with E-state index in [2.05, 4.69) is 0 Å². The van der Waals surface area contributed by atoms with Crippen molar-refractivity contribution in [3.05, 3.63) is 30.1 Å². The number of halogens is 1. The van der Waals surface area contributed by atoms with Gasteiger partial charge in [-0.25, -0.2) is 17.9 Å². The number of nitrogens with two attached hydrogens (primary N) is 1. The van der Waals surface area contributed by atoms with E-state index in [4.69, 9.17) is 9.88 Å². The highest BCUT2D eigenvalue weighted by Gasteiger charge is 2.29. The lowest BCUT2D eigenvalue weighted by Gasteiger charge is -2.29. The van der Waals surface area contributed by atoms with Crippen LogP contribution < -0.4 is 9.88 Å². The van der Waals surface area contributed by atoms with Gasteiger partial charge in [0.2, 0.25) is 10.0 Å². The van der Waals surface area contributed by atoms with Crippen molar-refractivity contribution in [2.45, 2.75) is 20.8 Å². The number of ether oxygens (including phenoxy) is 1. The largest absolute Gasteiger partial charge is 0.493 e. The lowest BCUT2D eigenvalue weighted by atomic mass is 9.82. The molecular weight excluding hydrogens is 269 g/mol. The first kappa shape index (κ1) is 15.9. The van der Waals surface area contributed by atoms with Gasteiger partial charge in [0.1, 0.15) is 11.6 Å². The van der Waals surface area contributed by atoms with Crippen LogP contribution in [0.3, 0.4) is 0 Å². The molecule has 2 N–H and O–H groups in total. The molecule has 0 aliphatic carbocycles. The summed E-state index contributed by atoms with van der Waals surface area (Å²) in [5, 5.41) is 5.09. The molecule has 0 aromatic heterocycles. The Morgan fingerprint density at radius 1 is 1.26 bits per heavy atom. The van der Waals surface area contributed by atoms with Crippen LogP contribution in [0.15, 0.2) is 24.3 Å². The van der Waals surface area contributed by atoms with Crippen molar-refractivity contribution in [1.82, 2.24) is 0 Å². The van der Waals surface area contributed by atoms with E-state index in [0.29, 0.717) is 5.75 Å². The second kappa shape index (κ2) is 5.88. The van der Waals surface area contributed by atoms with Gasteiger partial charge in [-0.1, -0.05) is 20.8 Å². The molecule has 1 atom stereocenters. The van der Waals surface area contributed by atoms with Crippen LogP contribution in [0.1, 0.15) is 20.8 Å². The minimum atomic E-state index is -3.56. The van der Waals surface area contributed by atoms with Gasteiger partial charge >= 0.3 is 0 Å². The Bertz CT molecular complexity index is 506. The highest BCUT2D eigenvalue weighted by atomic mass is 32.2. The summed E-state index contributed by atoms with van der Waals surface area (Å²) in [6.07, 6.45) is 0. The molecule has 108 valence electrons. The summed E-state index contributed by atoms with van der Waals surface area (Å²) >= 11 is 0. The molecule has 0 bridgehead atoms. The molecule has 1 aromatic rings. The number of sulfonamides is 1. The minimum absolute atomic E-state index is 0.141. The van der Waals surface area contributed by atoms with Gasteiger partial charge < -0.3 is 4.74 Å². The highest BCUT2D eigenvalue weighted by Crippen LogP contribution is 2.27. The molecule has 0 spiro atoms.